The van der Waals surface area contributed by atoms with Gasteiger partial charge in [-0.1, -0.05) is 5.16 Å². The minimum absolute atomic E-state index is 0.0370. The zero-order chi connectivity index (χ0) is 19.1. The lowest BCUT2D eigenvalue weighted by molar-refractivity contribution is -0.135. The minimum Gasteiger partial charge on any atom is -0.361 e. The summed E-state index contributed by atoms with van der Waals surface area (Å²) in [7, 11) is 0. The molecule has 5 heterocycles. The summed E-state index contributed by atoms with van der Waals surface area (Å²) in [4.78, 5) is 41.5. The Kier molecular flexibility index (Phi) is 4.63. The van der Waals surface area contributed by atoms with Gasteiger partial charge >= 0.3 is 6.03 Å². The molecule has 9 heteroatoms. The van der Waals surface area contributed by atoms with E-state index in [9.17, 15) is 14.4 Å². The van der Waals surface area contributed by atoms with Gasteiger partial charge in [0.2, 0.25) is 11.8 Å². The molecular weight excluding hydrogens is 350 g/mol. The van der Waals surface area contributed by atoms with Crippen LogP contribution in [-0.4, -0.2) is 76.5 Å². The number of nitrogens with zero attached hydrogens (tertiary/aromatic N) is 4. The van der Waals surface area contributed by atoms with Gasteiger partial charge in [-0.05, 0) is 32.6 Å². The Hall–Kier alpha value is -2.42. The largest absolute Gasteiger partial charge is 0.361 e. The monoisotopic (exact) mass is 375 g/mol. The van der Waals surface area contributed by atoms with Crippen molar-refractivity contribution in [1.29, 1.82) is 0 Å². The summed E-state index contributed by atoms with van der Waals surface area (Å²) < 4.78 is 5.28. The van der Waals surface area contributed by atoms with Crippen LogP contribution in [0, 0.1) is 19.8 Å². The number of rotatable bonds is 4. The molecule has 4 aliphatic heterocycles. The molecule has 0 saturated carbocycles. The van der Waals surface area contributed by atoms with Crippen molar-refractivity contribution in [2.75, 3.05) is 32.7 Å². The molecule has 1 N–H and O–H groups in total. The van der Waals surface area contributed by atoms with Crippen LogP contribution in [0.15, 0.2) is 4.52 Å². The summed E-state index contributed by atoms with van der Waals surface area (Å²) >= 11 is 0. The quantitative estimate of drug-likeness (QED) is 0.759. The van der Waals surface area contributed by atoms with Gasteiger partial charge in [0.05, 0.1) is 5.69 Å². The molecule has 1 aromatic rings. The van der Waals surface area contributed by atoms with Crippen LogP contribution in [-0.2, 0) is 16.1 Å². The number of fused-ring (bicyclic) bond motifs is 4. The standard InChI is InChI=1S/C18H25N5O4/c1-11-15(12(2)27-20-11)8-21-5-13-3-4-14(7-21)23(6-13)17(25)10-22-9-16(24)19-18(22)26/h13-14H,3-10H2,1-2H3,(H,19,24,26)/t13-,14+/m0/s1. The summed E-state index contributed by atoms with van der Waals surface area (Å²) in [5, 5.41) is 6.25. The van der Waals surface area contributed by atoms with E-state index in [4.69, 9.17) is 4.52 Å². The molecule has 146 valence electrons. The third-order valence-corrected chi connectivity index (χ3v) is 5.87. The molecular formula is C18H25N5O4. The summed E-state index contributed by atoms with van der Waals surface area (Å²) in [6, 6.07) is -0.341. The molecule has 0 radical (unpaired) electrons. The van der Waals surface area contributed by atoms with E-state index < -0.39 is 6.03 Å². The van der Waals surface area contributed by atoms with Gasteiger partial charge in [-0.3, -0.25) is 19.8 Å². The van der Waals surface area contributed by atoms with E-state index in [1.54, 1.807) is 0 Å². The fraction of sp³-hybridized carbons (Fsp3) is 0.667. The van der Waals surface area contributed by atoms with Crippen LogP contribution in [0.5, 0.6) is 0 Å². The van der Waals surface area contributed by atoms with Crippen LogP contribution in [0.25, 0.3) is 0 Å². The molecule has 9 nitrogen and oxygen atoms in total. The molecule has 5 rings (SSSR count). The van der Waals surface area contributed by atoms with Gasteiger partial charge < -0.3 is 14.3 Å². The van der Waals surface area contributed by atoms with E-state index in [1.807, 2.05) is 18.7 Å². The molecule has 4 aliphatic rings. The number of hydrogen-bond donors (Lipinski definition) is 1. The number of carbonyl (C=O) groups excluding carboxylic acids is 3. The number of aryl methyl sites for hydroxylation is 2. The molecule has 27 heavy (non-hydrogen) atoms. The van der Waals surface area contributed by atoms with Gasteiger partial charge in [0.1, 0.15) is 18.8 Å². The highest BCUT2D eigenvalue weighted by molar-refractivity contribution is 6.03. The SMILES string of the molecule is Cc1noc(C)c1CN1C[C@@H]2CC[C@H](C1)N(C(=O)CN1CC(=O)NC1=O)C2. The average molecular weight is 375 g/mol. The molecule has 4 saturated heterocycles. The Morgan fingerprint density at radius 2 is 2.04 bits per heavy atom. The van der Waals surface area contributed by atoms with Crippen molar-refractivity contribution in [2.24, 2.45) is 5.92 Å². The third kappa shape index (κ3) is 3.55. The van der Waals surface area contributed by atoms with Gasteiger partial charge in [0, 0.05) is 37.8 Å². The Bertz CT molecular complexity index is 756. The number of hydrogen-bond acceptors (Lipinski definition) is 6. The maximum Gasteiger partial charge on any atom is 0.325 e. The Morgan fingerprint density at radius 1 is 1.22 bits per heavy atom. The van der Waals surface area contributed by atoms with Crippen LogP contribution >= 0.6 is 0 Å². The van der Waals surface area contributed by atoms with E-state index in [-0.39, 0.29) is 30.9 Å². The second-order valence-electron chi connectivity index (χ2n) is 7.85. The first kappa shape index (κ1) is 18.0. The minimum atomic E-state index is -0.478. The molecule has 2 atom stereocenters. The predicted octanol–water partition coefficient (Wildman–Crippen LogP) is 0.266. The van der Waals surface area contributed by atoms with Crippen LogP contribution in [0.4, 0.5) is 4.79 Å². The topological polar surface area (TPSA) is 99.0 Å². The highest BCUT2D eigenvalue weighted by Crippen LogP contribution is 2.29. The Balaban J connectivity index is 1.43. The molecule has 2 bridgehead atoms. The van der Waals surface area contributed by atoms with Gasteiger partial charge in [-0.25, -0.2) is 4.79 Å². The lowest BCUT2D eigenvalue weighted by atomic mass is 9.95. The molecule has 4 amide bonds. The van der Waals surface area contributed by atoms with Crippen molar-refractivity contribution >= 4 is 17.8 Å². The second-order valence-corrected chi connectivity index (χ2v) is 7.85. The van der Waals surface area contributed by atoms with Crippen LogP contribution in [0.1, 0.15) is 29.9 Å². The first-order valence-corrected chi connectivity index (χ1v) is 9.43. The van der Waals surface area contributed by atoms with E-state index in [2.05, 4.69) is 15.4 Å². The van der Waals surface area contributed by atoms with Crippen molar-refractivity contribution in [3.05, 3.63) is 17.0 Å². The van der Waals surface area contributed by atoms with Crippen LogP contribution in [0.3, 0.4) is 0 Å². The van der Waals surface area contributed by atoms with Crippen LogP contribution < -0.4 is 5.32 Å². The fourth-order valence-electron chi connectivity index (χ4n) is 4.43. The normalized spacial score (nSPS) is 25.9. The average Bonchev–Trinajstić information content (AvgIpc) is 2.96. The predicted molar refractivity (Wildman–Crippen MR) is 94.6 cm³/mol. The summed E-state index contributed by atoms with van der Waals surface area (Å²) in [5.74, 6) is 0.841. The zero-order valence-corrected chi connectivity index (χ0v) is 15.7. The van der Waals surface area contributed by atoms with Gasteiger partial charge in [0.25, 0.3) is 0 Å². The fourth-order valence-corrected chi connectivity index (χ4v) is 4.43. The number of carbonyl (C=O) groups is 3. The smallest absolute Gasteiger partial charge is 0.325 e. The molecule has 0 unspecified atom stereocenters. The van der Waals surface area contributed by atoms with E-state index in [0.717, 1.165) is 49.5 Å². The van der Waals surface area contributed by atoms with Crippen molar-refractivity contribution in [2.45, 2.75) is 39.3 Å². The number of imide groups is 1. The highest BCUT2D eigenvalue weighted by atomic mass is 16.5. The number of urea groups is 1. The maximum atomic E-state index is 12.8. The lowest BCUT2D eigenvalue weighted by Crippen LogP contribution is -2.51. The molecule has 1 aromatic heterocycles. The number of piperidine rings is 1. The Morgan fingerprint density at radius 3 is 2.70 bits per heavy atom. The van der Waals surface area contributed by atoms with Gasteiger partial charge in [0.15, 0.2) is 0 Å². The molecule has 0 aromatic carbocycles. The number of amides is 4. The van der Waals surface area contributed by atoms with Crippen LogP contribution in [0.2, 0.25) is 0 Å². The molecule has 4 fully saturated rings. The highest BCUT2D eigenvalue weighted by Gasteiger charge is 2.39. The summed E-state index contributed by atoms with van der Waals surface area (Å²) in [6.45, 7) is 7.04. The third-order valence-electron chi connectivity index (χ3n) is 5.87. The zero-order valence-electron chi connectivity index (χ0n) is 15.7. The maximum absolute atomic E-state index is 12.8. The van der Waals surface area contributed by atoms with Gasteiger partial charge in [-0.15, -0.1) is 0 Å². The number of aromatic nitrogens is 1. The first-order valence-electron chi connectivity index (χ1n) is 9.43. The van der Waals surface area contributed by atoms with Crippen molar-refractivity contribution in [1.82, 2.24) is 25.2 Å². The van der Waals surface area contributed by atoms with Crippen molar-refractivity contribution < 1.29 is 18.9 Å². The molecule has 0 aliphatic carbocycles. The first-order chi connectivity index (χ1) is 12.9. The second kappa shape index (κ2) is 6.95. The van der Waals surface area contributed by atoms with Gasteiger partial charge in [-0.2, -0.15) is 0 Å². The lowest BCUT2D eigenvalue weighted by Gasteiger charge is -2.37. The van der Waals surface area contributed by atoms with E-state index in [1.165, 1.54) is 4.90 Å². The Labute approximate surface area is 157 Å². The van der Waals surface area contributed by atoms with E-state index >= 15 is 0 Å². The van der Waals surface area contributed by atoms with Crippen molar-refractivity contribution in [3.8, 4) is 0 Å². The number of nitrogens with one attached hydrogen (secondary N) is 1. The summed E-state index contributed by atoms with van der Waals surface area (Å²) in [5.41, 5.74) is 2.04. The summed E-state index contributed by atoms with van der Waals surface area (Å²) in [6.07, 6.45) is 2.08. The van der Waals surface area contributed by atoms with E-state index in [0.29, 0.717) is 12.5 Å². The molecule has 0 spiro atoms. The van der Waals surface area contributed by atoms with Crippen molar-refractivity contribution in [3.63, 3.8) is 0 Å².